The smallest absolute Gasteiger partial charge is 0.259 e. The molecule has 0 saturated heterocycles. The van der Waals surface area contributed by atoms with E-state index in [2.05, 4.69) is 0 Å². The van der Waals surface area contributed by atoms with Crippen LogP contribution in [0.4, 0.5) is 15.8 Å². The van der Waals surface area contributed by atoms with E-state index in [9.17, 15) is 14.0 Å². The summed E-state index contributed by atoms with van der Waals surface area (Å²) in [5, 5.41) is 0. The van der Waals surface area contributed by atoms with Gasteiger partial charge >= 0.3 is 0 Å². The van der Waals surface area contributed by atoms with E-state index in [4.69, 9.17) is 4.74 Å². The second-order valence-electron chi connectivity index (χ2n) is 5.86. The number of carbonyl (C=O) groups is 2. The summed E-state index contributed by atoms with van der Waals surface area (Å²) in [5.74, 6) is -0.350. The number of carbonyl (C=O) groups excluding carboxylic acids is 2. The Morgan fingerprint density at radius 3 is 2.44 bits per heavy atom. The zero-order chi connectivity index (χ0) is 18.1. The quantitative estimate of drug-likeness (QED) is 0.860. The van der Waals surface area contributed by atoms with Crippen molar-refractivity contribution in [2.75, 3.05) is 24.0 Å². The number of nitrogens with zero attached hydrogens (tertiary/aromatic N) is 2. The molecule has 1 atom stereocenters. The molecule has 1 aliphatic rings. The van der Waals surface area contributed by atoms with Crippen LogP contribution >= 0.6 is 0 Å². The minimum atomic E-state index is -0.627. The van der Waals surface area contributed by atoms with Crippen LogP contribution in [0.5, 0.6) is 5.75 Å². The van der Waals surface area contributed by atoms with Gasteiger partial charge in [-0.25, -0.2) is 4.39 Å². The number of anilines is 2. The minimum Gasteiger partial charge on any atom is -0.497 e. The van der Waals surface area contributed by atoms with Gasteiger partial charge in [0.25, 0.3) is 5.91 Å². The summed E-state index contributed by atoms with van der Waals surface area (Å²) in [6.07, 6.45) is 0.460. The van der Waals surface area contributed by atoms with E-state index in [0.29, 0.717) is 29.1 Å². The fourth-order valence-electron chi connectivity index (χ4n) is 3.07. The summed E-state index contributed by atoms with van der Waals surface area (Å²) in [5.41, 5.74) is 1.35. The first-order valence-corrected chi connectivity index (χ1v) is 8.02. The molecule has 2 amide bonds. The monoisotopic (exact) mass is 342 g/mol. The van der Waals surface area contributed by atoms with E-state index < -0.39 is 11.9 Å². The van der Waals surface area contributed by atoms with Gasteiger partial charge < -0.3 is 9.64 Å². The van der Waals surface area contributed by atoms with Gasteiger partial charge in [-0.15, -0.1) is 0 Å². The van der Waals surface area contributed by atoms with Crippen LogP contribution in [0.25, 0.3) is 0 Å². The van der Waals surface area contributed by atoms with Crippen molar-refractivity contribution >= 4 is 23.2 Å². The fourth-order valence-corrected chi connectivity index (χ4v) is 3.07. The maximum Gasteiger partial charge on any atom is 0.259 e. The van der Waals surface area contributed by atoms with Crippen molar-refractivity contribution in [3.05, 3.63) is 53.8 Å². The third kappa shape index (κ3) is 2.84. The van der Waals surface area contributed by atoms with E-state index in [-0.39, 0.29) is 11.8 Å². The summed E-state index contributed by atoms with van der Waals surface area (Å²) in [7, 11) is 3.15. The molecule has 2 aromatic carbocycles. The highest BCUT2D eigenvalue weighted by atomic mass is 19.1. The Morgan fingerprint density at radius 2 is 1.84 bits per heavy atom. The highest BCUT2D eigenvalue weighted by Gasteiger charge is 2.39. The van der Waals surface area contributed by atoms with Crippen molar-refractivity contribution in [2.45, 2.75) is 19.4 Å². The van der Waals surface area contributed by atoms with Crippen molar-refractivity contribution in [3.8, 4) is 5.75 Å². The van der Waals surface area contributed by atoms with Gasteiger partial charge in [-0.2, -0.15) is 0 Å². The summed E-state index contributed by atoms with van der Waals surface area (Å²) >= 11 is 0. The molecule has 2 aromatic rings. The second kappa shape index (κ2) is 6.55. The van der Waals surface area contributed by atoms with Crippen molar-refractivity contribution in [3.63, 3.8) is 0 Å². The Kier molecular flexibility index (Phi) is 4.44. The Labute approximate surface area is 145 Å². The van der Waals surface area contributed by atoms with Gasteiger partial charge in [0.15, 0.2) is 0 Å². The molecule has 0 N–H and O–H groups in total. The van der Waals surface area contributed by atoms with Gasteiger partial charge in [0.05, 0.1) is 18.5 Å². The van der Waals surface area contributed by atoms with Crippen LogP contribution in [0.3, 0.4) is 0 Å². The number of ether oxygens (including phenoxy) is 1. The molecule has 0 fully saturated rings. The molecule has 0 bridgehead atoms. The highest BCUT2D eigenvalue weighted by Crippen LogP contribution is 2.37. The van der Waals surface area contributed by atoms with Gasteiger partial charge in [-0.1, -0.05) is 6.92 Å². The van der Waals surface area contributed by atoms with Crippen LogP contribution < -0.4 is 14.5 Å². The zero-order valence-electron chi connectivity index (χ0n) is 14.3. The van der Waals surface area contributed by atoms with Gasteiger partial charge in [-0.05, 0) is 48.9 Å². The molecule has 0 unspecified atom stereocenters. The lowest BCUT2D eigenvalue weighted by Crippen LogP contribution is -2.54. The molecular formula is C19H19FN2O3. The van der Waals surface area contributed by atoms with Gasteiger partial charge in [0, 0.05) is 12.6 Å². The first kappa shape index (κ1) is 17.0. The number of halogens is 1. The molecule has 0 aromatic heterocycles. The molecule has 1 heterocycles. The first-order chi connectivity index (χ1) is 12.0. The average Bonchev–Trinajstić information content (AvgIpc) is 2.64. The molecule has 0 radical (unpaired) electrons. The van der Waals surface area contributed by atoms with Crippen LogP contribution in [0.2, 0.25) is 0 Å². The molecule has 5 nitrogen and oxygen atoms in total. The van der Waals surface area contributed by atoms with Crippen LogP contribution in [-0.4, -0.2) is 32.0 Å². The normalized spacial score (nSPS) is 16.6. The van der Waals surface area contributed by atoms with E-state index in [1.54, 1.807) is 38.4 Å². The number of hydrogen-bond acceptors (Lipinski definition) is 3. The van der Waals surface area contributed by atoms with Crippen molar-refractivity contribution in [1.82, 2.24) is 0 Å². The van der Waals surface area contributed by atoms with Gasteiger partial charge in [0.1, 0.15) is 17.6 Å². The lowest BCUT2D eigenvalue weighted by molar-refractivity contribution is -0.119. The second-order valence-corrected chi connectivity index (χ2v) is 5.86. The van der Waals surface area contributed by atoms with Crippen LogP contribution in [0.15, 0.2) is 42.5 Å². The first-order valence-electron chi connectivity index (χ1n) is 8.02. The van der Waals surface area contributed by atoms with E-state index in [0.717, 1.165) is 0 Å². The Bertz CT molecular complexity index is 820. The van der Waals surface area contributed by atoms with E-state index >= 15 is 0 Å². The lowest BCUT2D eigenvalue weighted by Gasteiger charge is -2.40. The maximum absolute atomic E-state index is 13.7. The minimum absolute atomic E-state index is 0.234. The number of benzene rings is 2. The molecule has 130 valence electrons. The van der Waals surface area contributed by atoms with Crippen LogP contribution in [0, 0.1) is 5.82 Å². The standard InChI is InChI=1S/C19H19FN2O3/c1-4-15-19(24)21(2)17-11-13(20)7-10-16(17)22(15)18(23)12-5-8-14(25-3)9-6-12/h5-11,15H,4H2,1-3H3/t15-/m1/s1. The molecule has 6 heteroatoms. The van der Waals surface area contributed by atoms with Crippen molar-refractivity contribution in [2.24, 2.45) is 0 Å². The van der Waals surface area contributed by atoms with E-state index in [1.807, 2.05) is 6.92 Å². The molecule has 3 rings (SSSR count). The number of methoxy groups -OCH3 is 1. The summed E-state index contributed by atoms with van der Waals surface area (Å²) in [6.45, 7) is 1.85. The predicted octanol–water partition coefficient (Wildman–Crippen LogP) is 3.24. The van der Waals surface area contributed by atoms with Gasteiger partial charge in [-0.3, -0.25) is 14.5 Å². The highest BCUT2D eigenvalue weighted by molar-refractivity contribution is 6.17. The molecule has 0 aliphatic carbocycles. The number of hydrogen-bond donors (Lipinski definition) is 0. The number of fused-ring (bicyclic) bond motifs is 1. The summed E-state index contributed by atoms with van der Waals surface area (Å²) < 4.78 is 18.8. The third-order valence-corrected chi connectivity index (χ3v) is 4.43. The summed E-state index contributed by atoms with van der Waals surface area (Å²) in [4.78, 5) is 28.6. The molecule has 0 spiro atoms. The maximum atomic E-state index is 13.7. The number of likely N-dealkylation sites (N-methyl/N-ethyl adjacent to an activating group) is 1. The third-order valence-electron chi connectivity index (χ3n) is 4.43. The van der Waals surface area contributed by atoms with E-state index in [1.165, 1.54) is 28.0 Å². The van der Waals surface area contributed by atoms with Crippen molar-refractivity contribution in [1.29, 1.82) is 0 Å². The number of amides is 2. The molecular weight excluding hydrogens is 323 g/mol. The average molecular weight is 342 g/mol. The SMILES string of the molecule is CC[C@@H]1C(=O)N(C)c2cc(F)ccc2N1C(=O)c1ccc(OC)cc1. The molecule has 25 heavy (non-hydrogen) atoms. The Balaban J connectivity index is 2.09. The molecule has 1 aliphatic heterocycles. The van der Waals surface area contributed by atoms with Crippen molar-refractivity contribution < 1.29 is 18.7 Å². The van der Waals surface area contributed by atoms with Crippen LogP contribution in [-0.2, 0) is 4.79 Å². The largest absolute Gasteiger partial charge is 0.497 e. The predicted molar refractivity (Wildman–Crippen MR) is 93.7 cm³/mol. The van der Waals surface area contributed by atoms with Gasteiger partial charge in [0.2, 0.25) is 5.91 Å². The Hall–Kier alpha value is -2.89. The van der Waals surface area contributed by atoms with Crippen LogP contribution in [0.1, 0.15) is 23.7 Å². The zero-order valence-corrected chi connectivity index (χ0v) is 14.3. The fraction of sp³-hybridized carbons (Fsp3) is 0.263. The number of rotatable bonds is 3. The lowest BCUT2D eigenvalue weighted by atomic mass is 10.0. The summed E-state index contributed by atoms with van der Waals surface area (Å²) in [6, 6.07) is 10.2. The Morgan fingerprint density at radius 1 is 1.16 bits per heavy atom. The molecule has 0 saturated carbocycles. The topological polar surface area (TPSA) is 49.9 Å².